The standard InChI is InChI=1S/C21H27Cl2N3O.CH4O3S/c1-15(21(27)24-13-8-14-26(2,3)4)16-9-5-6-12-19(16)25-20-17(22)10-7-11-18(20)23;1-5(2,3)4/h5-7,9-12,15,25H,8,13-14H2,1-4H3;1H3,(H,2,3,4)/p+1. The minimum atomic E-state index is -3.67. The third-order valence-corrected chi connectivity index (χ3v) is 4.98. The van der Waals surface area contributed by atoms with Crippen LogP contribution in [-0.2, 0) is 14.9 Å². The first-order valence-electron chi connectivity index (χ1n) is 9.99. The molecule has 0 fully saturated rings. The molecule has 0 aromatic heterocycles. The molecule has 0 saturated carbocycles. The van der Waals surface area contributed by atoms with E-state index < -0.39 is 10.1 Å². The fraction of sp³-hybridized carbons (Fsp3) is 0.409. The zero-order chi connectivity index (χ0) is 24.5. The largest absolute Gasteiger partial charge is 0.355 e. The van der Waals surface area contributed by atoms with Gasteiger partial charge in [-0.2, -0.15) is 8.42 Å². The number of hydrogen-bond donors (Lipinski definition) is 3. The van der Waals surface area contributed by atoms with Gasteiger partial charge in [0, 0.05) is 18.7 Å². The summed E-state index contributed by atoms with van der Waals surface area (Å²) in [6.45, 7) is 3.59. The van der Waals surface area contributed by atoms with Gasteiger partial charge in [-0.3, -0.25) is 9.35 Å². The Morgan fingerprint density at radius 3 is 2.12 bits per heavy atom. The highest BCUT2D eigenvalue weighted by Gasteiger charge is 2.19. The number of amides is 1. The third kappa shape index (κ3) is 11.2. The van der Waals surface area contributed by atoms with Gasteiger partial charge in [-0.25, -0.2) is 0 Å². The first kappa shape index (κ1) is 28.2. The molecule has 7 nitrogen and oxygen atoms in total. The highest BCUT2D eigenvalue weighted by atomic mass is 35.5. The number of nitrogens with zero attached hydrogens (tertiary/aromatic N) is 1. The maximum atomic E-state index is 12.6. The van der Waals surface area contributed by atoms with Crippen molar-refractivity contribution in [2.24, 2.45) is 0 Å². The number of carbonyl (C=O) groups excluding carboxylic acids is 1. The fourth-order valence-electron chi connectivity index (χ4n) is 2.80. The SMILES string of the molecule is CC(C(=O)NCCC[N+](C)(C)C)c1ccccc1Nc1c(Cl)cccc1Cl.CS(=O)(=O)O. The number of hydrogen-bond acceptors (Lipinski definition) is 4. The average Bonchev–Trinajstić information content (AvgIpc) is 2.66. The van der Waals surface area contributed by atoms with E-state index in [2.05, 4.69) is 31.8 Å². The summed E-state index contributed by atoms with van der Waals surface area (Å²) in [4.78, 5) is 12.6. The molecule has 1 atom stereocenters. The Kier molecular flexibility index (Phi) is 10.9. The van der Waals surface area contributed by atoms with Crippen LogP contribution in [0.3, 0.4) is 0 Å². The summed E-state index contributed by atoms with van der Waals surface area (Å²) in [5, 5.41) is 7.40. The van der Waals surface area contributed by atoms with Crippen molar-refractivity contribution in [2.75, 3.05) is 45.8 Å². The summed E-state index contributed by atoms with van der Waals surface area (Å²) in [6, 6.07) is 13.1. The Morgan fingerprint density at radius 1 is 1.06 bits per heavy atom. The van der Waals surface area contributed by atoms with Gasteiger partial charge in [0.1, 0.15) is 0 Å². The number of quaternary nitrogens is 1. The van der Waals surface area contributed by atoms with Gasteiger partial charge in [0.2, 0.25) is 5.91 Å². The lowest BCUT2D eigenvalue weighted by Gasteiger charge is -2.24. The molecule has 2 aromatic carbocycles. The van der Waals surface area contributed by atoms with Gasteiger partial charge in [-0.15, -0.1) is 0 Å². The van der Waals surface area contributed by atoms with Crippen molar-refractivity contribution in [2.45, 2.75) is 19.3 Å². The van der Waals surface area contributed by atoms with Gasteiger partial charge >= 0.3 is 0 Å². The second-order valence-corrected chi connectivity index (χ2v) is 10.7. The van der Waals surface area contributed by atoms with Crippen molar-refractivity contribution in [3.8, 4) is 0 Å². The van der Waals surface area contributed by atoms with Crippen LogP contribution >= 0.6 is 23.2 Å². The van der Waals surface area contributed by atoms with E-state index >= 15 is 0 Å². The summed E-state index contributed by atoms with van der Waals surface area (Å²) in [5.41, 5.74) is 2.36. The molecule has 0 spiro atoms. The second-order valence-electron chi connectivity index (χ2n) is 8.42. The Labute approximate surface area is 201 Å². The molecule has 0 aliphatic rings. The predicted molar refractivity (Wildman–Crippen MR) is 133 cm³/mol. The molecular formula is C22H32Cl2N3O4S+. The number of carbonyl (C=O) groups is 1. The number of para-hydroxylation sites is 2. The average molecular weight is 505 g/mol. The molecule has 0 bridgehead atoms. The van der Waals surface area contributed by atoms with Gasteiger partial charge in [0.05, 0.1) is 55.6 Å². The summed E-state index contributed by atoms with van der Waals surface area (Å²) < 4.78 is 26.8. The van der Waals surface area contributed by atoms with Gasteiger partial charge < -0.3 is 15.1 Å². The molecule has 0 radical (unpaired) electrons. The van der Waals surface area contributed by atoms with E-state index in [-0.39, 0.29) is 11.8 Å². The molecule has 1 unspecified atom stereocenters. The predicted octanol–water partition coefficient (Wildman–Crippen LogP) is 4.56. The van der Waals surface area contributed by atoms with Crippen LogP contribution in [-0.4, -0.2) is 63.8 Å². The monoisotopic (exact) mass is 504 g/mol. The maximum Gasteiger partial charge on any atom is 0.261 e. The van der Waals surface area contributed by atoms with Crippen LogP contribution in [0.15, 0.2) is 42.5 Å². The van der Waals surface area contributed by atoms with Gasteiger partial charge in [-0.1, -0.05) is 47.5 Å². The van der Waals surface area contributed by atoms with Crippen LogP contribution in [0, 0.1) is 0 Å². The first-order valence-corrected chi connectivity index (χ1v) is 12.6. The van der Waals surface area contributed by atoms with Gasteiger partial charge in [-0.05, 0) is 30.7 Å². The Hall–Kier alpha value is -1.84. The van der Waals surface area contributed by atoms with E-state index in [0.717, 1.165) is 28.7 Å². The molecule has 2 rings (SSSR count). The molecule has 0 aliphatic carbocycles. The number of anilines is 2. The number of halogens is 2. The fourth-order valence-corrected chi connectivity index (χ4v) is 3.29. The third-order valence-electron chi connectivity index (χ3n) is 4.35. The van der Waals surface area contributed by atoms with E-state index in [1.165, 1.54) is 0 Å². The smallest absolute Gasteiger partial charge is 0.261 e. The molecule has 3 N–H and O–H groups in total. The number of rotatable bonds is 8. The van der Waals surface area contributed by atoms with Gasteiger partial charge in [0.25, 0.3) is 10.1 Å². The summed E-state index contributed by atoms with van der Waals surface area (Å²) in [6.07, 6.45) is 1.66. The zero-order valence-electron chi connectivity index (χ0n) is 19.0. The van der Waals surface area contributed by atoms with E-state index in [1.54, 1.807) is 18.2 Å². The van der Waals surface area contributed by atoms with Crippen molar-refractivity contribution in [1.82, 2.24) is 5.32 Å². The molecule has 0 heterocycles. The zero-order valence-corrected chi connectivity index (χ0v) is 21.4. The highest BCUT2D eigenvalue weighted by Crippen LogP contribution is 2.35. The normalized spacial score (nSPS) is 12.4. The Bertz CT molecular complexity index is 980. The van der Waals surface area contributed by atoms with E-state index in [9.17, 15) is 13.2 Å². The Morgan fingerprint density at radius 2 is 1.59 bits per heavy atom. The van der Waals surface area contributed by atoms with Crippen molar-refractivity contribution in [3.63, 3.8) is 0 Å². The lowest BCUT2D eigenvalue weighted by Crippen LogP contribution is -2.38. The van der Waals surface area contributed by atoms with Crippen LogP contribution in [0.2, 0.25) is 10.0 Å². The quantitative estimate of drug-likeness (QED) is 0.278. The molecule has 2 aromatic rings. The summed E-state index contributed by atoms with van der Waals surface area (Å²) in [5.74, 6) is -0.282. The van der Waals surface area contributed by atoms with E-state index in [4.69, 9.17) is 27.8 Å². The van der Waals surface area contributed by atoms with E-state index in [1.807, 2.05) is 31.2 Å². The summed E-state index contributed by atoms with van der Waals surface area (Å²) >= 11 is 12.5. The lowest BCUT2D eigenvalue weighted by atomic mass is 9.98. The first-order chi connectivity index (χ1) is 14.7. The van der Waals surface area contributed by atoms with Crippen LogP contribution in [0.25, 0.3) is 0 Å². The van der Waals surface area contributed by atoms with Crippen LogP contribution in [0.1, 0.15) is 24.8 Å². The molecular weight excluding hydrogens is 473 g/mol. The minimum absolute atomic E-state index is 0.0101. The molecule has 0 aliphatic heterocycles. The number of nitrogens with one attached hydrogen (secondary N) is 2. The highest BCUT2D eigenvalue weighted by molar-refractivity contribution is 7.85. The van der Waals surface area contributed by atoms with Crippen LogP contribution < -0.4 is 10.6 Å². The topological polar surface area (TPSA) is 95.5 Å². The molecule has 178 valence electrons. The Balaban J connectivity index is 0.000000920. The van der Waals surface area contributed by atoms with Crippen molar-refractivity contribution in [1.29, 1.82) is 0 Å². The summed E-state index contributed by atoms with van der Waals surface area (Å²) in [7, 11) is 2.77. The van der Waals surface area contributed by atoms with Crippen LogP contribution in [0.5, 0.6) is 0 Å². The molecule has 1 amide bonds. The van der Waals surface area contributed by atoms with Gasteiger partial charge in [0.15, 0.2) is 0 Å². The van der Waals surface area contributed by atoms with Crippen molar-refractivity contribution < 1.29 is 22.2 Å². The molecule has 10 heteroatoms. The van der Waals surface area contributed by atoms with Crippen molar-refractivity contribution >= 4 is 50.6 Å². The van der Waals surface area contributed by atoms with E-state index in [0.29, 0.717) is 28.5 Å². The maximum absolute atomic E-state index is 12.6. The number of benzene rings is 2. The van der Waals surface area contributed by atoms with Crippen LogP contribution in [0.4, 0.5) is 11.4 Å². The minimum Gasteiger partial charge on any atom is -0.355 e. The lowest BCUT2D eigenvalue weighted by molar-refractivity contribution is -0.870. The second kappa shape index (κ2) is 12.4. The molecule has 0 saturated heterocycles. The van der Waals surface area contributed by atoms with Crippen molar-refractivity contribution in [3.05, 3.63) is 58.1 Å². The molecule has 32 heavy (non-hydrogen) atoms.